The van der Waals surface area contributed by atoms with E-state index in [1.165, 1.54) is 0 Å². The van der Waals surface area contributed by atoms with Crippen LogP contribution in [0.4, 0.5) is 5.82 Å². The van der Waals surface area contributed by atoms with Crippen molar-refractivity contribution >= 4 is 16.7 Å². The lowest BCUT2D eigenvalue weighted by Crippen LogP contribution is -2.46. The highest BCUT2D eigenvalue weighted by Crippen LogP contribution is 2.36. The topological polar surface area (TPSA) is 47.5 Å². The second kappa shape index (κ2) is 5.00. The molecule has 1 aliphatic rings. The van der Waals surface area contributed by atoms with Gasteiger partial charge in [-0.1, -0.05) is 6.08 Å². The van der Waals surface area contributed by atoms with E-state index in [9.17, 15) is 0 Å². The molecule has 0 unspecified atom stereocenters. The van der Waals surface area contributed by atoms with Crippen LogP contribution in [0, 0.1) is 5.92 Å². The molecule has 2 aromatic rings. The van der Waals surface area contributed by atoms with Crippen LogP contribution in [0.2, 0.25) is 0 Å². The fourth-order valence-corrected chi connectivity index (χ4v) is 2.46. The van der Waals surface area contributed by atoms with E-state index in [-0.39, 0.29) is 0 Å². The third-order valence-electron chi connectivity index (χ3n) is 3.66. The molecule has 3 rings (SSSR count). The highest BCUT2D eigenvalue weighted by atomic mass is 16.5. The summed E-state index contributed by atoms with van der Waals surface area (Å²) in [6, 6.07) is 3.81. The highest BCUT2D eigenvalue weighted by molar-refractivity contribution is 5.92. The zero-order valence-corrected chi connectivity index (χ0v) is 11.7. The van der Waals surface area contributed by atoms with E-state index in [1.54, 1.807) is 20.5 Å². The Morgan fingerprint density at radius 1 is 1.20 bits per heavy atom. The third-order valence-corrected chi connectivity index (χ3v) is 3.66. The Morgan fingerprint density at radius 2 is 1.90 bits per heavy atom. The van der Waals surface area contributed by atoms with Gasteiger partial charge in [0.05, 0.1) is 19.7 Å². The first kappa shape index (κ1) is 12.7. The molecule has 0 radical (unpaired) electrons. The molecule has 0 atom stereocenters. The van der Waals surface area contributed by atoms with Crippen molar-refractivity contribution in [1.29, 1.82) is 0 Å². The van der Waals surface area contributed by atoms with Gasteiger partial charge in [-0.3, -0.25) is 0 Å². The smallest absolute Gasteiger partial charge is 0.162 e. The number of hydrogen-bond acceptors (Lipinski definition) is 5. The summed E-state index contributed by atoms with van der Waals surface area (Å²) in [5, 5.41) is 0.979. The third kappa shape index (κ3) is 1.95. The van der Waals surface area contributed by atoms with Crippen LogP contribution in [0.25, 0.3) is 10.9 Å². The van der Waals surface area contributed by atoms with Crippen LogP contribution >= 0.6 is 0 Å². The van der Waals surface area contributed by atoms with Gasteiger partial charge in [0.25, 0.3) is 0 Å². The Bertz CT molecular complexity index is 651. The van der Waals surface area contributed by atoms with Crippen molar-refractivity contribution < 1.29 is 9.47 Å². The van der Waals surface area contributed by atoms with E-state index in [2.05, 4.69) is 21.4 Å². The molecule has 104 valence electrons. The number of hydrogen-bond donors (Lipinski definition) is 0. The summed E-state index contributed by atoms with van der Waals surface area (Å²) in [7, 11) is 3.25. The first-order chi connectivity index (χ1) is 9.76. The molecule has 0 saturated carbocycles. The number of ether oxygens (including phenoxy) is 2. The van der Waals surface area contributed by atoms with Crippen LogP contribution in [-0.2, 0) is 0 Å². The highest BCUT2D eigenvalue weighted by Gasteiger charge is 2.27. The van der Waals surface area contributed by atoms with Gasteiger partial charge in [-0.25, -0.2) is 9.97 Å². The standard InChI is InChI=1S/C15H17N3O2/c1-4-10-7-18(8-10)15-11-5-13(19-2)14(20-3)6-12(11)16-9-17-15/h4-6,9-10H,1,7-8H2,2-3H3. The predicted molar refractivity (Wildman–Crippen MR) is 78.5 cm³/mol. The molecular formula is C15H17N3O2. The van der Waals surface area contributed by atoms with Crippen molar-refractivity contribution in [1.82, 2.24) is 9.97 Å². The maximum atomic E-state index is 5.36. The van der Waals surface area contributed by atoms with Crippen molar-refractivity contribution in [3.8, 4) is 11.5 Å². The van der Waals surface area contributed by atoms with Gasteiger partial charge in [0, 0.05) is 30.5 Å². The van der Waals surface area contributed by atoms with E-state index in [1.807, 2.05) is 18.2 Å². The monoisotopic (exact) mass is 271 g/mol. The maximum absolute atomic E-state index is 5.36. The van der Waals surface area contributed by atoms with Crippen LogP contribution in [0.15, 0.2) is 31.1 Å². The Labute approximate surface area is 117 Å². The molecule has 0 N–H and O–H groups in total. The molecule has 1 saturated heterocycles. The summed E-state index contributed by atoms with van der Waals surface area (Å²) in [5.41, 5.74) is 0.856. The van der Waals surface area contributed by atoms with Gasteiger partial charge in [0.1, 0.15) is 12.1 Å². The lowest BCUT2D eigenvalue weighted by Gasteiger charge is -2.39. The van der Waals surface area contributed by atoms with Crippen LogP contribution in [-0.4, -0.2) is 37.3 Å². The molecule has 1 fully saturated rings. The Kier molecular flexibility index (Phi) is 3.18. The van der Waals surface area contributed by atoms with Gasteiger partial charge in [0.2, 0.25) is 0 Å². The summed E-state index contributed by atoms with van der Waals surface area (Å²) in [6.07, 6.45) is 3.58. The van der Waals surface area contributed by atoms with Crippen molar-refractivity contribution in [3.63, 3.8) is 0 Å². The minimum Gasteiger partial charge on any atom is -0.493 e. The molecule has 0 amide bonds. The van der Waals surface area contributed by atoms with Crippen LogP contribution in [0.1, 0.15) is 0 Å². The largest absolute Gasteiger partial charge is 0.493 e. The number of nitrogens with zero attached hydrogens (tertiary/aromatic N) is 3. The van der Waals surface area contributed by atoms with E-state index >= 15 is 0 Å². The number of methoxy groups -OCH3 is 2. The molecule has 0 bridgehead atoms. The van der Waals surface area contributed by atoms with Gasteiger partial charge in [-0.15, -0.1) is 6.58 Å². The van der Waals surface area contributed by atoms with Crippen LogP contribution in [0.3, 0.4) is 0 Å². The molecule has 1 aromatic heterocycles. The first-order valence-electron chi connectivity index (χ1n) is 6.51. The summed E-state index contributed by atoms with van der Waals surface area (Å²) in [5.74, 6) is 2.85. The molecule has 2 heterocycles. The molecule has 20 heavy (non-hydrogen) atoms. The normalized spacial score (nSPS) is 15.0. The zero-order valence-electron chi connectivity index (χ0n) is 11.7. The van der Waals surface area contributed by atoms with E-state index in [0.29, 0.717) is 17.4 Å². The molecule has 0 aliphatic carbocycles. The number of anilines is 1. The fourth-order valence-electron chi connectivity index (χ4n) is 2.46. The summed E-state index contributed by atoms with van der Waals surface area (Å²) >= 11 is 0. The predicted octanol–water partition coefficient (Wildman–Crippen LogP) is 2.27. The molecule has 5 nitrogen and oxygen atoms in total. The van der Waals surface area contributed by atoms with Crippen molar-refractivity contribution in [2.75, 3.05) is 32.2 Å². The minimum absolute atomic E-state index is 0.542. The average molecular weight is 271 g/mol. The lowest BCUT2D eigenvalue weighted by atomic mass is 10.00. The number of fused-ring (bicyclic) bond motifs is 1. The Balaban J connectivity index is 2.07. The Hall–Kier alpha value is -2.30. The molecule has 1 aromatic carbocycles. The summed E-state index contributed by atoms with van der Waals surface area (Å²) < 4.78 is 10.7. The van der Waals surface area contributed by atoms with Gasteiger partial charge in [-0.05, 0) is 6.07 Å². The average Bonchev–Trinajstić information content (AvgIpc) is 2.44. The molecule has 0 spiro atoms. The lowest BCUT2D eigenvalue weighted by molar-refractivity contribution is 0.355. The van der Waals surface area contributed by atoms with Gasteiger partial charge < -0.3 is 14.4 Å². The van der Waals surface area contributed by atoms with Crippen LogP contribution < -0.4 is 14.4 Å². The summed E-state index contributed by atoms with van der Waals surface area (Å²) in [4.78, 5) is 10.9. The summed E-state index contributed by atoms with van der Waals surface area (Å²) in [6.45, 7) is 5.72. The van der Waals surface area contributed by atoms with E-state index in [4.69, 9.17) is 9.47 Å². The molecular weight excluding hydrogens is 254 g/mol. The van der Waals surface area contributed by atoms with Crippen molar-refractivity contribution in [2.24, 2.45) is 5.92 Å². The van der Waals surface area contributed by atoms with E-state index in [0.717, 1.165) is 29.8 Å². The fraction of sp³-hybridized carbons (Fsp3) is 0.333. The van der Waals surface area contributed by atoms with Crippen LogP contribution in [0.5, 0.6) is 11.5 Å². The van der Waals surface area contributed by atoms with Crippen molar-refractivity contribution in [3.05, 3.63) is 31.1 Å². The number of aromatic nitrogens is 2. The molecule has 5 heteroatoms. The van der Waals surface area contributed by atoms with Gasteiger partial charge in [-0.2, -0.15) is 0 Å². The first-order valence-corrected chi connectivity index (χ1v) is 6.51. The number of rotatable bonds is 4. The maximum Gasteiger partial charge on any atom is 0.162 e. The van der Waals surface area contributed by atoms with Gasteiger partial charge in [0.15, 0.2) is 11.5 Å². The van der Waals surface area contributed by atoms with E-state index < -0.39 is 0 Å². The Morgan fingerprint density at radius 3 is 2.55 bits per heavy atom. The zero-order chi connectivity index (χ0) is 14.1. The second-order valence-electron chi connectivity index (χ2n) is 4.82. The van der Waals surface area contributed by atoms with Crippen molar-refractivity contribution in [2.45, 2.75) is 0 Å². The molecule has 1 aliphatic heterocycles. The quantitative estimate of drug-likeness (QED) is 0.798. The number of benzene rings is 1. The van der Waals surface area contributed by atoms with Gasteiger partial charge >= 0.3 is 0 Å². The minimum atomic E-state index is 0.542. The second-order valence-corrected chi connectivity index (χ2v) is 4.82. The SMILES string of the molecule is C=CC1CN(c2ncnc3cc(OC)c(OC)cc23)C1.